The fraction of sp³-hybridized carbons (Fsp3) is 0.524. The number of aliphatic hydroxyl groups is 1. The van der Waals surface area contributed by atoms with Gasteiger partial charge in [-0.25, -0.2) is 4.98 Å². The number of amides is 1. The lowest BCUT2D eigenvalue weighted by molar-refractivity contribution is -0.137. The molecule has 170 valence electrons. The van der Waals surface area contributed by atoms with Crippen LogP contribution in [0.25, 0.3) is 0 Å². The van der Waals surface area contributed by atoms with Crippen molar-refractivity contribution in [2.24, 2.45) is 0 Å². The van der Waals surface area contributed by atoms with Gasteiger partial charge >= 0.3 is 6.18 Å². The summed E-state index contributed by atoms with van der Waals surface area (Å²) in [6.45, 7) is 6.31. The van der Waals surface area contributed by atoms with Crippen LogP contribution in [0.3, 0.4) is 0 Å². The van der Waals surface area contributed by atoms with Gasteiger partial charge in [0.1, 0.15) is 6.26 Å². The molecule has 0 aliphatic carbocycles. The second kappa shape index (κ2) is 10.3. The van der Waals surface area contributed by atoms with Crippen molar-refractivity contribution in [3.05, 3.63) is 53.2 Å². The van der Waals surface area contributed by atoms with E-state index in [2.05, 4.69) is 20.1 Å². The fourth-order valence-corrected chi connectivity index (χ4v) is 3.37. The minimum Gasteiger partial charge on any atom is -0.447 e. The number of nitrogens with zero attached hydrogens (tertiary/aromatic N) is 3. The third kappa shape index (κ3) is 6.78. The van der Waals surface area contributed by atoms with Crippen LogP contribution >= 0.6 is 0 Å². The van der Waals surface area contributed by atoms with Crippen molar-refractivity contribution in [1.29, 1.82) is 0 Å². The number of carbonyl (C=O) groups is 1. The molecule has 1 unspecified atom stereocenters. The molecule has 0 radical (unpaired) electrons. The van der Waals surface area contributed by atoms with Crippen LogP contribution in [0.15, 0.2) is 34.9 Å². The van der Waals surface area contributed by atoms with Crippen molar-refractivity contribution < 1.29 is 27.5 Å². The summed E-state index contributed by atoms with van der Waals surface area (Å²) in [4.78, 5) is 20.9. The van der Waals surface area contributed by atoms with Crippen molar-refractivity contribution in [1.82, 2.24) is 20.1 Å². The fourth-order valence-electron chi connectivity index (χ4n) is 3.37. The van der Waals surface area contributed by atoms with Gasteiger partial charge in [-0.15, -0.1) is 0 Å². The van der Waals surface area contributed by atoms with Crippen LogP contribution in [-0.4, -0.2) is 64.6 Å². The molecule has 1 amide bonds. The molecule has 0 spiro atoms. The summed E-state index contributed by atoms with van der Waals surface area (Å²) in [7, 11) is 0. The summed E-state index contributed by atoms with van der Waals surface area (Å²) >= 11 is 0. The molecule has 1 aliphatic rings. The Morgan fingerprint density at radius 3 is 2.65 bits per heavy atom. The van der Waals surface area contributed by atoms with Crippen LogP contribution in [-0.2, 0) is 19.3 Å². The van der Waals surface area contributed by atoms with Gasteiger partial charge in [-0.05, 0) is 24.1 Å². The molecule has 1 aliphatic heterocycles. The maximum absolute atomic E-state index is 12.8. The number of oxazole rings is 1. The topological polar surface area (TPSA) is 81.8 Å². The number of piperazine rings is 1. The maximum atomic E-state index is 12.8. The Hall–Kier alpha value is -2.43. The number of halogens is 3. The summed E-state index contributed by atoms with van der Waals surface area (Å²) < 4.78 is 43.8. The van der Waals surface area contributed by atoms with E-state index in [1.54, 1.807) is 0 Å². The molecular formula is C21H27F3N4O3. The van der Waals surface area contributed by atoms with Gasteiger partial charge in [0.25, 0.3) is 5.91 Å². The molecule has 1 fully saturated rings. The Kier molecular flexibility index (Phi) is 7.69. The molecule has 7 nitrogen and oxygen atoms in total. The normalized spacial score (nSPS) is 16.9. The lowest BCUT2D eigenvalue weighted by atomic mass is 10.1. The zero-order chi connectivity index (χ0) is 22.4. The van der Waals surface area contributed by atoms with E-state index in [-0.39, 0.29) is 18.3 Å². The highest BCUT2D eigenvalue weighted by molar-refractivity contribution is 5.91. The average molecular weight is 440 g/mol. The van der Waals surface area contributed by atoms with Gasteiger partial charge in [-0.2, -0.15) is 13.2 Å². The monoisotopic (exact) mass is 440 g/mol. The van der Waals surface area contributed by atoms with Gasteiger partial charge in [0.05, 0.1) is 18.2 Å². The number of hydrogen-bond acceptors (Lipinski definition) is 6. The second-order valence-electron chi connectivity index (χ2n) is 7.65. The molecule has 3 rings (SSSR count). The summed E-state index contributed by atoms with van der Waals surface area (Å²) in [6, 6.07) is 4.82. The molecule has 1 saturated heterocycles. The molecule has 2 aromatic rings. The first kappa shape index (κ1) is 23.2. The number of rotatable bonds is 8. The zero-order valence-electron chi connectivity index (χ0n) is 17.4. The Labute approximate surface area is 178 Å². The molecule has 31 heavy (non-hydrogen) atoms. The van der Waals surface area contributed by atoms with Crippen molar-refractivity contribution >= 4 is 5.91 Å². The minimum atomic E-state index is -4.43. The Bertz CT molecular complexity index is 864. The average Bonchev–Trinajstić information content (AvgIpc) is 3.21. The first-order chi connectivity index (χ1) is 14.7. The van der Waals surface area contributed by atoms with Crippen LogP contribution in [0.2, 0.25) is 0 Å². The highest BCUT2D eigenvalue weighted by Crippen LogP contribution is 2.29. The molecule has 1 aromatic carbocycles. The number of carbonyl (C=O) groups excluding carboxylic acids is 1. The highest BCUT2D eigenvalue weighted by Gasteiger charge is 2.30. The van der Waals surface area contributed by atoms with Crippen molar-refractivity contribution in [3.63, 3.8) is 0 Å². The van der Waals surface area contributed by atoms with Crippen molar-refractivity contribution in [2.45, 2.75) is 38.7 Å². The van der Waals surface area contributed by atoms with E-state index in [1.807, 2.05) is 6.92 Å². The SMILES string of the molecule is CCC(O)CN1CCN(Cc2nc(C(=O)NCc3cccc(C(F)(F)F)c3)co2)CC1. The van der Waals surface area contributed by atoms with E-state index in [9.17, 15) is 23.1 Å². The summed E-state index contributed by atoms with van der Waals surface area (Å²) in [6.07, 6.45) is -2.75. The van der Waals surface area contributed by atoms with Crippen molar-refractivity contribution in [3.8, 4) is 0 Å². The largest absolute Gasteiger partial charge is 0.447 e. The zero-order valence-corrected chi connectivity index (χ0v) is 17.4. The number of alkyl halides is 3. The number of nitrogens with one attached hydrogen (secondary N) is 1. The molecule has 10 heteroatoms. The highest BCUT2D eigenvalue weighted by atomic mass is 19.4. The quantitative estimate of drug-likeness (QED) is 0.657. The Balaban J connectivity index is 1.47. The number of aromatic nitrogens is 1. The predicted octanol–water partition coefficient (Wildman–Crippen LogP) is 2.51. The standard InChI is InChI=1S/C21H27F3N4O3/c1-2-17(29)12-27-6-8-28(9-7-27)13-19-26-18(14-31-19)20(30)25-11-15-4-3-5-16(10-15)21(22,23)24/h3-5,10,14,17,29H,2,6-9,11-13H2,1H3,(H,25,30). The summed E-state index contributed by atoms with van der Waals surface area (Å²) in [5.74, 6) is -0.1000. The molecule has 2 N–H and O–H groups in total. The smallest absolute Gasteiger partial charge is 0.416 e. The predicted molar refractivity (Wildman–Crippen MR) is 107 cm³/mol. The Morgan fingerprint density at radius 2 is 1.97 bits per heavy atom. The first-order valence-corrected chi connectivity index (χ1v) is 10.3. The third-order valence-corrected chi connectivity index (χ3v) is 5.26. The van der Waals surface area contributed by atoms with E-state index >= 15 is 0 Å². The summed E-state index contributed by atoms with van der Waals surface area (Å²) in [5, 5.41) is 12.3. The van der Waals surface area contributed by atoms with Crippen LogP contribution in [0.1, 0.15) is 40.9 Å². The number of hydrogen-bond donors (Lipinski definition) is 2. The molecule has 1 aromatic heterocycles. The van der Waals surface area contributed by atoms with E-state index in [0.29, 0.717) is 24.5 Å². The van der Waals surface area contributed by atoms with Gasteiger partial charge in [0.15, 0.2) is 5.69 Å². The van der Waals surface area contributed by atoms with E-state index < -0.39 is 17.6 Å². The van der Waals surface area contributed by atoms with Gasteiger partial charge < -0.3 is 14.8 Å². The number of benzene rings is 1. The lowest BCUT2D eigenvalue weighted by Crippen LogP contribution is -2.48. The van der Waals surface area contributed by atoms with Crippen molar-refractivity contribution in [2.75, 3.05) is 32.7 Å². The van der Waals surface area contributed by atoms with Gasteiger partial charge in [0.2, 0.25) is 5.89 Å². The van der Waals surface area contributed by atoms with Gasteiger partial charge in [-0.1, -0.05) is 19.1 Å². The minimum absolute atomic E-state index is 0.0451. The summed E-state index contributed by atoms with van der Waals surface area (Å²) in [5.41, 5.74) is -0.322. The third-order valence-electron chi connectivity index (χ3n) is 5.26. The molecule has 2 heterocycles. The molecular weight excluding hydrogens is 413 g/mol. The maximum Gasteiger partial charge on any atom is 0.416 e. The van der Waals surface area contributed by atoms with Crippen LogP contribution in [0.4, 0.5) is 13.2 Å². The molecule has 0 saturated carbocycles. The number of β-amino-alcohol motifs (C(OH)–C–C–N with tert-alkyl or cyclic N) is 1. The Morgan fingerprint density at radius 1 is 1.26 bits per heavy atom. The first-order valence-electron chi connectivity index (χ1n) is 10.3. The van der Waals surface area contributed by atoms with Crippen LogP contribution < -0.4 is 5.32 Å². The van der Waals surface area contributed by atoms with E-state index in [0.717, 1.165) is 44.7 Å². The van der Waals surface area contributed by atoms with E-state index in [4.69, 9.17) is 4.42 Å². The van der Waals surface area contributed by atoms with Crippen LogP contribution in [0, 0.1) is 0 Å². The molecule has 0 bridgehead atoms. The van der Waals surface area contributed by atoms with Gasteiger partial charge in [0, 0.05) is 39.3 Å². The lowest BCUT2D eigenvalue weighted by Gasteiger charge is -2.34. The molecule has 1 atom stereocenters. The van der Waals surface area contributed by atoms with Gasteiger partial charge in [-0.3, -0.25) is 14.6 Å². The van der Waals surface area contributed by atoms with Crippen LogP contribution in [0.5, 0.6) is 0 Å². The van der Waals surface area contributed by atoms with E-state index in [1.165, 1.54) is 18.4 Å². The number of aliphatic hydroxyl groups excluding tert-OH is 1. The second-order valence-corrected chi connectivity index (χ2v) is 7.65.